The molecule has 27 heavy (non-hydrogen) atoms. The molecule has 1 unspecified atom stereocenters. The van der Waals surface area contributed by atoms with Gasteiger partial charge < -0.3 is 10.2 Å². The molecule has 0 radical (unpaired) electrons. The first kappa shape index (κ1) is 18.8. The standard InChI is InChI=1S/C21H30N2O3S/c24-21(23-15-5-10-20(23)16-6-1-2-7-16)22-17-11-13-19(14-12-17)27(25,26)18-8-3-4-9-18/h11-14,16,18,20H,1-10,15H2,(H,22,24). The normalized spacial score (nSPS) is 24.6. The van der Waals surface area contributed by atoms with Crippen molar-refractivity contribution < 1.29 is 13.2 Å². The number of carbonyl (C=O) groups is 1. The third-order valence-corrected chi connectivity index (χ3v) is 8.96. The zero-order valence-electron chi connectivity index (χ0n) is 15.9. The summed E-state index contributed by atoms with van der Waals surface area (Å²) in [5.74, 6) is 0.650. The number of amides is 2. The molecule has 148 valence electrons. The first-order valence-corrected chi connectivity index (χ1v) is 12.0. The molecule has 1 aromatic carbocycles. The Hall–Kier alpha value is -1.56. The third-order valence-electron chi connectivity index (χ3n) is 6.68. The van der Waals surface area contributed by atoms with E-state index in [2.05, 4.69) is 5.32 Å². The number of likely N-dealkylation sites (tertiary alicyclic amines) is 1. The highest BCUT2D eigenvalue weighted by atomic mass is 32.2. The topological polar surface area (TPSA) is 66.5 Å². The fraction of sp³-hybridized carbons (Fsp3) is 0.667. The van der Waals surface area contributed by atoms with E-state index >= 15 is 0 Å². The average Bonchev–Trinajstić information content (AvgIpc) is 3.44. The van der Waals surface area contributed by atoms with Gasteiger partial charge in [0, 0.05) is 18.3 Å². The first-order chi connectivity index (χ1) is 13.1. The Morgan fingerprint density at radius 2 is 1.52 bits per heavy atom. The third kappa shape index (κ3) is 3.86. The van der Waals surface area contributed by atoms with E-state index in [9.17, 15) is 13.2 Å². The lowest BCUT2D eigenvalue weighted by Gasteiger charge is -2.29. The van der Waals surface area contributed by atoms with E-state index in [0.717, 1.165) is 45.1 Å². The van der Waals surface area contributed by atoms with Crippen molar-refractivity contribution in [1.82, 2.24) is 4.90 Å². The Morgan fingerprint density at radius 3 is 2.19 bits per heavy atom. The number of rotatable bonds is 4. The van der Waals surface area contributed by atoms with Crippen LogP contribution in [0.2, 0.25) is 0 Å². The minimum Gasteiger partial charge on any atom is -0.321 e. The van der Waals surface area contributed by atoms with Gasteiger partial charge in [0.25, 0.3) is 0 Å². The molecule has 0 spiro atoms. The fourth-order valence-electron chi connectivity index (χ4n) is 5.19. The lowest BCUT2D eigenvalue weighted by Crippen LogP contribution is -2.41. The maximum absolute atomic E-state index is 12.8. The van der Waals surface area contributed by atoms with Crippen LogP contribution < -0.4 is 5.32 Å². The second-order valence-corrected chi connectivity index (χ2v) is 10.6. The van der Waals surface area contributed by atoms with Crippen molar-refractivity contribution in [3.8, 4) is 0 Å². The van der Waals surface area contributed by atoms with E-state index in [1.165, 1.54) is 25.7 Å². The van der Waals surface area contributed by atoms with Gasteiger partial charge in [-0.3, -0.25) is 0 Å². The minimum atomic E-state index is -3.24. The van der Waals surface area contributed by atoms with Crippen molar-refractivity contribution in [3.63, 3.8) is 0 Å². The van der Waals surface area contributed by atoms with E-state index < -0.39 is 9.84 Å². The van der Waals surface area contributed by atoms with Crippen LogP contribution in [0.25, 0.3) is 0 Å². The molecule has 1 aliphatic heterocycles. The Balaban J connectivity index is 1.41. The van der Waals surface area contributed by atoms with E-state index in [0.29, 0.717) is 22.5 Å². The molecule has 0 bridgehead atoms. The van der Waals surface area contributed by atoms with Crippen molar-refractivity contribution in [2.45, 2.75) is 80.4 Å². The summed E-state index contributed by atoms with van der Waals surface area (Å²) < 4.78 is 25.3. The van der Waals surface area contributed by atoms with Gasteiger partial charge >= 0.3 is 6.03 Å². The number of nitrogens with zero attached hydrogens (tertiary/aromatic N) is 1. The van der Waals surface area contributed by atoms with Gasteiger partial charge in [-0.05, 0) is 68.7 Å². The van der Waals surface area contributed by atoms with Crippen molar-refractivity contribution in [2.24, 2.45) is 5.92 Å². The van der Waals surface area contributed by atoms with Crippen LogP contribution in [0.3, 0.4) is 0 Å². The van der Waals surface area contributed by atoms with Gasteiger partial charge in [-0.2, -0.15) is 0 Å². The molecule has 1 saturated heterocycles. The summed E-state index contributed by atoms with van der Waals surface area (Å²) in [5.41, 5.74) is 0.669. The lowest BCUT2D eigenvalue weighted by atomic mass is 9.96. The lowest BCUT2D eigenvalue weighted by molar-refractivity contribution is 0.185. The number of hydrogen-bond acceptors (Lipinski definition) is 3. The van der Waals surface area contributed by atoms with Gasteiger partial charge in [-0.15, -0.1) is 0 Å². The summed E-state index contributed by atoms with van der Waals surface area (Å²) in [7, 11) is -3.24. The summed E-state index contributed by atoms with van der Waals surface area (Å²) in [6, 6.07) is 7.05. The molecule has 4 rings (SSSR count). The van der Waals surface area contributed by atoms with Crippen molar-refractivity contribution in [3.05, 3.63) is 24.3 Å². The Bertz CT molecular complexity index is 763. The van der Waals surface area contributed by atoms with E-state index in [-0.39, 0.29) is 11.3 Å². The largest absolute Gasteiger partial charge is 0.322 e. The number of carbonyl (C=O) groups excluding carboxylic acids is 1. The number of sulfone groups is 1. The quantitative estimate of drug-likeness (QED) is 0.818. The van der Waals surface area contributed by atoms with E-state index in [4.69, 9.17) is 0 Å². The van der Waals surface area contributed by atoms with Crippen LogP contribution in [0.5, 0.6) is 0 Å². The van der Waals surface area contributed by atoms with Crippen LogP contribution in [-0.4, -0.2) is 37.2 Å². The van der Waals surface area contributed by atoms with Gasteiger partial charge in [-0.25, -0.2) is 13.2 Å². The summed E-state index contributed by atoms with van der Waals surface area (Å²) in [4.78, 5) is 15.1. The molecule has 1 atom stereocenters. The monoisotopic (exact) mass is 390 g/mol. The minimum absolute atomic E-state index is 0.0456. The molecule has 5 nitrogen and oxygen atoms in total. The van der Waals surface area contributed by atoms with Gasteiger partial charge in [0.1, 0.15) is 0 Å². The summed E-state index contributed by atoms with van der Waals surface area (Å²) in [6.07, 6.45) is 10.7. The van der Waals surface area contributed by atoms with Gasteiger partial charge in [0.05, 0.1) is 10.1 Å². The first-order valence-electron chi connectivity index (χ1n) is 10.5. The Labute approximate surface area is 162 Å². The Kier molecular flexibility index (Phi) is 5.44. The molecule has 0 aromatic heterocycles. The molecule has 2 saturated carbocycles. The summed E-state index contributed by atoms with van der Waals surface area (Å²) in [5, 5.41) is 2.74. The predicted octanol–water partition coefficient (Wildman–Crippen LogP) is 4.59. The van der Waals surface area contributed by atoms with E-state index in [1.54, 1.807) is 24.3 Å². The highest BCUT2D eigenvalue weighted by molar-refractivity contribution is 7.92. The SMILES string of the molecule is O=C(Nc1ccc(S(=O)(=O)C2CCCC2)cc1)N1CCCC1C1CCCC1. The van der Waals surface area contributed by atoms with Crippen molar-refractivity contribution in [1.29, 1.82) is 0 Å². The van der Waals surface area contributed by atoms with Gasteiger partial charge in [-0.1, -0.05) is 25.7 Å². The van der Waals surface area contributed by atoms with Crippen LogP contribution in [0, 0.1) is 5.92 Å². The zero-order chi connectivity index (χ0) is 18.9. The highest BCUT2D eigenvalue weighted by Crippen LogP contribution is 2.36. The second-order valence-electron chi connectivity index (χ2n) is 8.35. The fourth-order valence-corrected chi connectivity index (χ4v) is 7.05. The van der Waals surface area contributed by atoms with Gasteiger partial charge in [0.2, 0.25) is 0 Å². The second kappa shape index (κ2) is 7.82. The molecule has 1 heterocycles. The number of hydrogen-bond donors (Lipinski definition) is 1. The average molecular weight is 391 g/mol. The van der Waals surface area contributed by atoms with E-state index in [1.807, 2.05) is 4.90 Å². The number of benzene rings is 1. The molecule has 2 amide bonds. The van der Waals surface area contributed by atoms with Crippen molar-refractivity contribution in [2.75, 3.05) is 11.9 Å². The number of urea groups is 1. The van der Waals surface area contributed by atoms with Crippen LogP contribution in [0.4, 0.5) is 10.5 Å². The molecule has 3 fully saturated rings. The Morgan fingerprint density at radius 1 is 0.889 bits per heavy atom. The molecule has 3 aliphatic rings. The maximum atomic E-state index is 12.8. The molecule has 2 aliphatic carbocycles. The van der Waals surface area contributed by atoms with Crippen LogP contribution in [-0.2, 0) is 9.84 Å². The summed E-state index contributed by atoms with van der Waals surface area (Å²) >= 11 is 0. The number of anilines is 1. The molecule has 1 aromatic rings. The molecule has 1 N–H and O–H groups in total. The maximum Gasteiger partial charge on any atom is 0.322 e. The van der Waals surface area contributed by atoms with Gasteiger partial charge in [0.15, 0.2) is 9.84 Å². The zero-order valence-corrected chi connectivity index (χ0v) is 16.7. The summed E-state index contributed by atoms with van der Waals surface area (Å²) in [6.45, 7) is 0.821. The van der Waals surface area contributed by atoms with Crippen molar-refractivity contribution >= 4 is 21.6 Å². The number of nitrogens with one attached hydrogen (secondary N) is 1. The predicted molar refractivity (Wildman–Crippen MR) is 107 cm³/mol. The smallest absolute Gasteiger partial charge is 0.321 e. The highest BCUT2D eigenvalue weighted by Gasteiger charge is 2.36. The molecular weight excluding hydrogens is 360 g/mol. The van der Waals surface area contributed by atoms with Crippen LogP contribution in [0.1, 0.15) is 64.2 Å². The molecular formula is C21H30N2O3S. The van der Waals surface area contributed by atoms with Crippen LogP contribution >= 0.6 is 0 Å². The van der Waals surface area contributed by atoms with Crippen LogP contribution in [0.15, 0.2) is 29.2 Å². The molecule has 6 heteroatoms.